The van der Waals surface area contributed by atoms with Gasteiger partial charge >= 0.3 is 5.97 Å². The minimum absolute atomic E-state index is 0.207. The van der Waals surface area contributed by atoms with Crippen molar-refractivity contribution in [2.45, 2.75) is 19.8 Å². The normalized spacial score (nSPS) is 16.1. The van der Waals surface area contributed by atoms with Crippen LogP contribution in [0.15, 0.2) is 28.8 Å². The van der Waals surface area contributed by atoms with E-state index >= 15 is 0 Å². The van der Waals surface area contributed by atoms with E-state index in [1.165, 1.54) is 0 Å². The van der Waals surface area contributed by atoms with Crippen molar-refractivity contribution < 1.29 is 14.4 Å². The molecule has 1 aromatic carbocycles. The second-order valence-corrected chi connectivity index (χ2v) is 5.29. The Labute approximate surface area is 122 Å². The lowest BCUT2D eigenvalue weighted by Crippen LogP contribution is -2.36. The summed E-state index contributed by atoms with van der Waals surface area (Å²) in [4.78, 5) is 17.4. The van der Waals surface area contributed by atoms with Crippen molar-refractivity contribution in [3.63, 3.8) is 0 Å². The van der Waals surface area contributed by atoms with Crippen LogP contribution in [0.1, 0.15) is 18.7 Å². The molecule has 6 nitrogen and oxygen atoms in total. The molecule has 0 radical (unpaired) electrons. The Morgan fingerprint density at radius 3 is 2.48 bits per heavy atom. The third-order valence-electron chi connectivity index (χ3n) is 3.85. The topological polar surface area (TPSA) is 79.5 Å². The minimum Gasteiger partial charge on any atom is -0.481 e. The molecule has 0 unspecified atom stereocenters. The van der Waals surface area contributed by atoms with Crippen molar-refractivity contribution >= 4 is 11.7 Å². The average Bonchev–Trinajstić information content (AvgIpc) is 2.94. The van der Waals surface area contributed by atoms with E-state index in [-0.39, 0.29) is 5.92 Å². The Bertz CT molecular complexity index is 628. The summed E-state index contributed by atoms with van der Waals surface area (Å²) in [5.74, 6) is 0.243. The number of nitrogens with zero attached hydrogens (tertiary/aromatic N) is 3. The molecule has 1 aliphatic rings. The highest BCUT2D eigenvalue weighted by atomic mass is 16.5. The van der Waals surface area contributed by atoms with Gasteiger partial charge in [-0.2, -0.15) is 4.98 Å². The zero-order chi connectivity index (χ0) is 14.8. The fraction of sp³-hybridized carbons (Fsp3) is 0.400. The monoisotopic (exact) mass is 287 g/mol. The first-order valence-electron chi connectivity index (χ1n) is 7.02. The van der Waals surface area contributed by atoms with Gasteiger partial charge in [-0.1, -0.05) is 5.16 Å². The number of carboxylic acids is 1. The molecule has 1 fully saturated rings. The maximum Gasteiger partial charge on any atom is 0.306 e. The second-order valence-electron chi connectivity index (χ2n) is 5.29. The van der Waals surface area contributed by atoms with E-state index in [1.807, 2.05) is 24.3 Å². The van der Waals surface area contributed by atoms with Gasteiger partial charge in [0.25, 0.3) is 5.89 Å². The first-order valence-corrected chi connectivity index (χ1v) is 7.02. The van der Waals surface area contributed by atoms with Gasteiger partial charge in [-0.3, -0.25) is 4.79 Å². The van der Waals surface area contributed by atoms with Gasteiger partial charge in [0.2, 0.25) is 0 Å². The summed E-state index contributed by atoms with van der Waals surface area (Å²) in [6.45, 7) is 3.33. The molecule has 6 heteroatoms. The third kappa shape index (κ3) is 2.89. The quantitative estimate of drug-likeness (QED) is 0.933. The SMILES string of the molecule is Cc1noc(-c2ccc(N3CCC(C(=O)O)CC3)cc2)n1. The lowest BCUT2D eigenvalue weighted by molar-refractivity contribution is -0.142. The maximum absolute atomic E-state index is 11.0. The number of anilines is 1. The van der Waals surface area contributed by atoms with Crippen molar-refractivity contribution in [2.75, 3.05) is 18.0 Å². The Kier molecular flexibility index (Phi) is 3.60. The van der Waals surface area contributed by atoms with Crippen LogP contribution in [-0.2, 0) is 4.79 Å². The van der Waals surface area contributed by atoms with Crippen molar-refractivity contribution in [2.24, 2.45) is 5.92 Å². The molecule has 1 N–H and O–H groups in total. The van der Waals surface area contributed by atoms with Gasteiger partial charge in [0.05, 0.1) is 5.92 Å². The molecular formula is C15H17N3O3. The molecule has 0 atom stereocenters. The Balaban J connectivity index is 1.69. The number of piperidine rings is 1. The van der Waals surface area contributed by atoms with Crippen LogP contribution in [0.5, 0.6) is 0 Å². The third-order valence-corrected chi connectivity index (χ3v) is 3.85. The summed E-state index contributed by atoms with van der Waals surface area (Å²) in [6, 6.07) is 7.92. The van der Waals surface area contributed by atoms with Gasteiger partial charge < -0.3 is 14.5 Å². The first-order chi connectivity index (χ1) is 10.1. The van der Waals surface area contributed by atoms with E-state index in [9.17, 15) is 4.79 Å². The molecule has 2 aromatic rings. The van der Waals surface area contributed by atoms with E-state index in [0.717, 1.165) is 24.3 Å². The molecular weight excluding hydrogens is 270 g/mol. The summed E-state index contributed by atoms with van der Waals surface area (Å²) in [5.41, 5.74) is 1.98. The Hall–Kier alpha value is -2.37. The van der Waals surface area contributed by atoms with Crippen LogP contribution < -0.4 is 4.90 Å². The number of carbonyl (C=O) groups is 1. The molecule has 110 valence electrons. The van der Waals surface area contributed by atoms with E-state index in [0.29, 0.717) is 24.6 Å². The maximum atomic E-state index is 11.0. The van der Waals surface area contributed by atoms with Gasteiger partial charge in [-0.05, 0) is 44.0 Å². The molecule has 0 spiro atoms. The van der Waals surface area contributed by atoms with Crippen LogP contribution in [0, 0.1) is 12.8 Å². The smallest absolute Gasteiger partial charge is 0.306 e. The van der Waals surface area contributed by atoms with Crippen molar-refractivity contribution in [3.05, 3.63) is 30.1 Å². The standard InChI is InChI=1S/C15H17N3O3/c1-10-16-14(21-17-10)11-2-4-13(5-3-11)18-8-6-12(7-9-18)15(19)20/h2-5,12H,6-9H2,1H3,(H,19,20). The van der Waals surface area contributed by atoms with E-state index in [1.54, 1.807) is 6.92 Å². The number of aliphatic carboxylic acids is 1. The van der Waals surface area contributed by atoms with E-state index in [4.69, 9.17) is 9.63 Å². The molecule has 1 aromatic heterocycles. The molecule has 0 bridgehead atoms. The molecule has 1 aliphatic heterocycles. The highest BCUT2D eigenvalue weighted by Crippen LogP contribution is 2.26. The molecule has 0 saturated carbocycles. The van der Waals surface area contributed by atoms with Gasteiger partial charge in [0.1, 0.15) is 0 Å². The summed E-state index contributed by atoms with van der Waals surface area (Å²) < 4.78 is 5.14. The fourth-order valence-electron chi connectivity index (χ4n) is 2.61. The van der Waals surface area contributed by atoms with Crippen molar-refractivity contribution in [3.8, 4) is 11.5 Å². The molecule has 2 heterocycles. The van der Waals surface area contributed by atoms with Gasteiger partial charge in [-0.25, -0.2) is 0 Å². The number of hydrogen-bond donors (Lipinski definition) is 1. The molecule has 0 aliphatic carbocycles. The van der Waals surface area contributed by atoms with Crippen LogP contribution in [0.25, 0.3) is 11.5 Å². The number of aryl methyl sites for hydroxylation is 1. The summed E-state index contributed by atoms with van der Waals surface area (Å²) in [7, 11) is 0. The predicted octanol–water partition coefficient (Wildman–Crippen LogP) is 2.35. The molecule has 1 saturated heterocycles. The summed E-state index contributed by atoms with van der Waals surface area (Å²) in [6.07, 6.45) is 1.39. The van der Waals surface area contributed by atoms with Gasteiger partial charge in [0.15, 0.2) is 5.82 Å². The van der Waals surface area contributed by atoms with Crippen molar-refractivity contribution in [1.29, 1.82) is 0 Å². The highest BCUT2D eigenvalue weighted by Gasteiger charge is 2.24. The zero-order valence-corrected chi connectivity index (χ0v) is 11.8. The number of aromatic nitrogens is 2. The minimum atomic E-state index is -0.684. The number of rotatable bonds is 3. The van der Waals surface area contributed by atoms with Gasteiger partial charge in [0, 0.05) is 24.3 Å². The largest absolute Gasteiger partial charge is 0.481 e. The van der Waals surface area contributed by atoms with Crippen LogP contribution in [0.2, 0.25) is 0 Å². The second kappa shape index (κ2) is 5.55. The van der Waals surface area contributed by atoms with Crippen LogP contribution >= 0.6 is 0 Å². The first kappa shape index (κ1) is 13.6. The number of carboxylic acid groups (broad SMARTS) is 1. The van der Waals surface area contributed by atoms with Gasteiger partial charge in [-0.15, -0.1) is 0 Å². The zero-order valence-electron chi connectivity index (χ0n) is 11.8. The molecule has 21 heavy (non-hydrogen) atoms. The number of benzene rings is 1. The highest BCUT2D eigenvalue weighted by molar-refractivity contribution is 5.70. The van der Waals surface area contributed by atoms with Crippen LogP contribution in [0.3, 0.4) is 0 Å². The average molecular weight is 287 g/mol. The molecule has 0 amide bonds. The Morgan fingerprint density at radius 2 is 1.95 bits per heavy atom. The lowest BCUT2D eigenvalue weighted by atomic mass is 9.96. The van der Waals surface area contributed by atoms with Crippen LogP contribution in [0.4, 0.5) is 5.69 Å². The molecule has 3 rings (SSSR count). The Morgan fingerprint density at radius 1 is 1.29 bits per heavy atom. The fourth-order valence-corrected chi connectivity index (χ4v) is 2.61. The van der Waals surface area contributed by atoms with Crippen molar-refractivity contribution in [1.82, 2.24) is 10.1 Å². The summed E-state index contributed by atoms with van der Waals surface area (Å²) >= 11 is 0. The lowest BCUT2D eigenvalue weighted by Gasteiger charge is -2.31. The van der Waals surface area contributed by atoms with E-state index < -0.39 is 5.97 Å². The van der Waals surface area contributed by atoms with Crippen LogP contribution in [-0.4, -0.2) is 34.3 Å². The number of hydrogen-bond acceptors (Lipinski definition) is 5. The predicted molar refractivity (Wildman–Crippen MR) is 77.0 cm³/mol. The van der Waals surface area contributed by atoms with E-state index in [2.05, 4.69) is 15.0 Å². The summed E-state index contributed by atoms with van der Waals surface area (Å²) in [5, 5.41) is 12.8.